The number of nitrogens with one attached hydrogen (secondary N) is 1. The summed E-state index contributed by atoms with van der Waals surface area (Å²) in [6, 6.07) is 15.3. The third-order valence-electron chi connectivity index (χ3n) is 6.82. The number of aryl methyl sites for hydroxylation is 1. The third kappa shape index (κ3) is 4.80. The number of piperidine rings is 1. The SMILES string of the molecule is C=CC(=O)N1CCCC(n2nc(-c3ccc(CNC(=O)c4ccccc4C)cc3)c3c(N)ncnc32)C1. The number of benzene rings is 2. The van der Waals surface area contributed by atoms with E-state index in [1.165, 1.54) is 12.4 Å². The highest BCUT2D eigenvalue weighted by molar-refractivity contribution is 5.98. The number of carbonyl (C=O) groups excluding carboxylic acids is 2. The van der Waals surface area contributed by atoms with Gasteiger partial charge in [0.1, 0.15) is 17.8 Å². The molecule has 4 aromatic rings. The lowest BCUT2D eigenvalue weighted by Gasteiger charge is -2.32. The molecule has 0 spiro atoms. The molecule has 188 valence electrons. The number of aromatic nitrogens is 4. The van der Waals surface area contributed by atoms with E-state index in [0.29, 0.717) is 47.7 Å². The standard InChI is InChI=1S/C28H29N7O2/c1-3-23(36)34-14-6-8-21(16-34)35-27-24(26(29)31-17-32-27)25(33-35)20-12-10-19(11-13-20)15-30-28(37)22-9-5-4-7-18(22)2/h3-5,7,9-13,17,21H,1,6,8,14-16H2,2H3,(H,30,37)(H2,29,31,32). The van der Waals surface area contributed by atoms with Crippen LogP contribution in [-0.2, 0) is 11.3 Å². The molecule has 5 rings (SSSR count). The molecule has 1 atom stereocenters. The van der Waals surface area contributed by atoms with Gasteiger partial charge in [-0.3, -0.25) is 9.59 Å². The highest BCUT2D eigenvalue weighted by atomic mass is 16.2. The van der Waals surface area contributed by atoms with Gasteiger partial charge in [-0.25, -0.2) is 14.6 Å². The lowest BCUT2D eigenvalue weighted by Crippen LogP contribution is -2.40. The first kappa shape index (κ1) is 24.2. The van der Waals surface area contributed by atoms with Crippen LogP contribution in [0, 0.1) is 6.92 Å². The molecule has 3 heterocycles. The van der Waals surface area contributed by atoms with Crippen LogP contribution in [-0.4, -0.2) is 49.6 Å². The van der Waals surface area contributed by atoms with E-state index in [-0.39, 0.29) is 17.9 Å². The zero-order valence-corrected chi connectivity index (χ0v) is 20.7. The van der Waals surface area contributed by atoms with E-state index in [1.807, 2.05) is 60.1 Å². The van der Waals surface area contributed by atoms with Crippen LogP contribution in [0.3, 0.4) is 0 Å². The molecule has 1 unspecified atom stereocenters. The van der Waals surface area contributed by atoms with Gasteiger partial charge in [-0.05, 0) is 43.0 Å². The molecule has 1 aliphatic rings. The Hall–Kier alpha value is -4.53. The molecule has 0 saturated carbocycles. The van der Waals surface area contributed by atoms with Gasteiger partial charge in [-0.15, -0.1) is 0 Å². The van der Waals surface area contributed by atoms with Crippen LogP contribution in [0.2, 0.25) is 0 Å². The molecule has 0 bridgehead atoms. The fraction of sp³-hybridized carbons (Fsp3) is 0.250. The van der Waals surface area contributed by atoms with Crippen molar-refractivity contribution in [3.8, 4) is 11.3 Å². The van der Waals surface area contributed by atoms with Crippen LogP contribution in [0.25, 0.3) is 22.3 Å². The summed E-state index contributed by atoms with van der Waals surface area (Å²) in [5.41, 5.74) is 11.1. The molecule has 2 aromatic carbocycles. The molecule has 1 fully saturated rings. The number of nitrogens with two attached hydrogens (primary N) is 1. The fourth-order valence-corrected chi connectivity index (χ4v) is 4.82. The molecule has 2 aromatic heterocycles. The average Bonchev–Trinajstić information content (AvgIpc) is 3.33. The average molecular weight is 496 g/mol. The van der Waals surface area contributed by atoms with Crippen LogP contribution >= 0.6 is 0 Å². The van der Waals surface area contributed by atoms with Crippen LogP contribution in [0.4, 0.5) is 5.82 Å². The van der Waals surface area contributed by atoms with Crippen LogP contribution in [0.5, 0.6) is 0 Å². The van der Waals surface area contributed by atoms with Crippen LogP contribution in [0.15, 0.2) is 67.5 Å². The predicted molar refractivity (Wildman–Crippen MR) is 143 cm³/mol. The van der Waals surface area contributed by atoms with Crippen molar-refractivity contribution in [3.05, 3.63) is 84.2 Å². The number of nitrogen functional groups attached to an aromatic ring is 1. The van der Waals surface area contributed by atoms with Crippen molar-refractivity contribution in [3.63, 3.8) is 0 Å². The fourth-order valence-electron chi connectivity index (χ4n) is 4.82. The van der Waals surface area contributed by atoms with Gasteiger partial charge in [-0.2, -0.15) is 5.10 Å². The molecule has 0 aliphatic carbocycles. The summed E-state index contributed by atoms with van der Waals surface area (Å²) in [6.45, 7) is 7.17. The molecule has 9 nitrogen and oxygen atoms in total. The van der Waals surface area contributed by atoms with E-state index in [9.17, 15) is 9.59 Å². The first-order valence-electron chi connectivity index (χ1n) is 12.3. The molecule has 9 heteroatoms. The number of nitrogens with zero attached hydrogens (tertiary/aromatic N) is 5. The predicted octanol–water partition coefficient (Wildman–Crippen LogP) is 3.66. The molecule has 1 aliphatic heterocycles. The van der Waals surface area contributed by atoms with Gasteiger partial charge in [0.25, 0.3) is 5.91 Å². The Morgan fingerprint density at radius 2 is 1.95 bits per heavy atom. The van der Waals surface area contributed by atoms with Gasteiger partial charge in [0.2, 0.25) is 5.91 Å². The van der Waals surface area contributed by atoms with E-state index < -0.39 is 0 Å². The zero-order chi connectivity index (χ0) is 25.9. The van der Waals surface area contributed by atoms with Gasteiger partial charge >= 0.3 is 0 Å². The van der Waals surface area contributed by atoms with Crippen molar-refractivity contribution in [1.82, 2.24) is 30.0 Å². The molecule has 2 amide bonds. The van der Waals surface area contributed by atoms with Crippen LogP contribution in [0.1, 0.15) is 40.4 Å². The number of rotatable bonds is 6. The lowest BCUT2D eigenvalue weighted by molar-refractivity contribution is -0.127. The van der Waals surface area contributed by atoms with Crippen molar-refractivity contribution in [1.29, 1.82) is 0 Å². The van der Waals surface area contributed by atoms with Crippen molar-refractivity contribution in [2.24, 2.45) is 0 Å². The Kier molecular flexibility index (Phi) is 6.68. The number of fused-ring (bicyclic) bond motifs is 1. The van der Waals surface area contributed by atoms with Crippen molar-refractivity contribution >= 4 is 28.7 Å². The second kappa shape index (κ2) is 10.2. The van der Waals surface area contributed by atoms with Gasteiger partial charge in [-0.1, -0.05) is 49.0 Å². The highest BCUT2D eigenvalue weighted by Crippen LogP contribution is 2.33. The van der Waals surface area contributed by atoms with Gasteiger partial charge < -0.3 is 16.0 Å². The third-order valence-corrected chi connectivity index (χ3v) is 6.82. The second-order valence-electron chi connectivity index (χ2n) is 9.23. The smallest absolute Gasteiger partial charge is 0.251 e. The summed E-state index contributed by atoms with van der Waals surface area (Å²) in [4.78, 5) is 35.3. The molecule has 37 heavy (non-hydrogen) atoms. The maximum Gasteiger partial charge on any atom is 0.251 e. The molecule has 0 radical (unpaired) electrons. The maximum atomic E-state index is 12.6. The number of hydrogen-bond acceptors (Lipinski definition) is 6. The molecular weight excluding hydrogens is 466 g/mol. The number of likely N-dealkylation sites (tertiary alicyclic amines) is 1. The Bertz CT molecular complexity index is 1480. The summed E-state index contributed by atoms with van der Waals surface area (Å²) < 4.78 is 1.88. The van der Waals surface area contributed by atoms with E-state index in [1.54, 1.807) is 4.90 Å². The minimum atomic E-state index is -0.103. The lowest BCUT2D eigenvalue weighted by atomic mass is 10.1. The molecule has 3 N–H and O–H groups in total. The Morgan fingerprint density at radius 3 is 2.70 bits per heavy atom. The number of anilines is 1. The molecule has 1 saturated heterocycles. The Labute approximate surface area is 215 Å². The summed E-state index contributed by atoms with van der Waals surface area (Å²) in [6.07, 6.45) is 4.53. The summed E-state index contributed by atoms with van der Waals surface area (Å²) in [5.74, 6) is 0.171. The molecular formula is C28H29N7O2. The van der Waals surface area contributed by atoms with Crippen LogP contribution < -0.4 is 11.1 Å². The van der Waals surface area contributed by atoms with E-state index in [2.05, 4.69) is 21.9 Å². The van der Waals surface area contributed by atoms with E-state index in [0.717, 1.165) is 29.5 Å². The van der Waals surface area contributed by atoms with Gasteiger partial charge in [0.15, 0.2) is 5.65 Å². The zero-order valence-electron chi connectivity index (χ0n) is 20.7. The topological polar surface area (TPSA) is 119 Å². The van der Waals surface area contributed by atoms with Crippen molar-refractivity contribution in [2.45, 2.75) is 32.4 Å². The summed E-state index contributed by atoms with van der Waals surface area (Å²) >= 11 is 0. The normalized spacial score (nSPS) is 15.5. The minimum absolute atomic E-state index is 0.0286. The Balaban J connectivity index is 1.40. The largest absolute Gasteiger partial charge is 0.383 e. The van der Waals surface area contributed by atoms with Gasteiger partial charge in [0.05, 0.1) is 11.4 Å². The van der Waals surface area contributed by atoms with E-state index >= 15 is 0 Å². The first-order chi connectivity index (χ1) is 18.0. The minimum Gasteiger partial charge on any atom is -0.383 e. The van der Waals surface area contributed by atoms with Gasteiger partial charge in [0, 0.05) is 30.8 Å². The Morgan fingerprint density at radius 1 is 1.16 bits per heavy atom. The number of amides is 2. The first-order valence-corrected chi connectivity index (χ1v) is 12.3. The van der Waals surface area contributed by atoms with E-state index in [4.69, 9.17) is 10.8 Å². The monoisotopic (exact) mass is 495 g/mol. The summed E-state index contributed by atoms with van der Waals surface area (Å²) in [5, 5.41) is 8.59. The van der Waals surface area contributed by atoms with Crippen molar-refractivity contribution in [2.75, 3.05) is 18.8 Å². The number of carbonyl (C=O) groups is 2. The summed E-state index contributed by atoms with van der Waals surface area (Å²) in [7, 11) is 0. The second-order valence-corrected chi connectivity index (χ2v) is 9.23. The quantitative estimate of drug-likeness (QED) is 0.394. The number of hydrogen-bond donors (Lipinski definition) is 2. The van der Waals surface area contributed by atoms with Crippen molar-refractivity contribution < 1.29 is 9.59 Å². The highest BCUT2D eigenvalue weighted by Gasteiger charge is 2.28. The maximum absolute atomic E-state index is 12.6.